The van der Waals surface area contributed by atoms with Gasteiger partial charge in [0.05, 0.1) is 6.26 Å². The van der Waals surface area contributed by atoms with Crippen LogP contribution in [0.5, 0.6) is 0 Å². The second-order valence-electron chi connectivity index (χ2n) is 5.09. The summed E-state index contributed by atoms with van der Waals surface area (Å²) in [6, 6.07) is 9.96. The standard InChI is InChI=1S/C16H15N5O3/c1-10-5-3-7-13(17-10)18-15(22)11-9-14(21(2)20-11)19-16(23)12-6-4-8-24-12/h3-9H,1-2H3,(H,19,23)(H,17,18,22). The normalized spacial score (nSPS) is 10.4. The van der Waals surface area contributed by atoms with Crippen LogP contribution in [-0.4, -0.2) is 26.6 Å². The first-order valence-corrected chi connectivity index (χ1v) is 7.17. The van der Waals surface area contributed by atoms with Crippen molar-refractivity contribution in [3.63, 3.8) is 0 Å². The molecule has 0 aliphatic heterocycles. The van der Waals surface area contributed by atoms with E-state index in [0.717, 1.165) is 5.69 Å². The number of hydrogen-bond donors (Lipinski definition) is 2. The molecule has 3 heterocycles. The van der Waals surface area contributed by atoms with Gasteiger partial charge in [-0.05, 0) is 31.2 Å². The van der Waals surface area contributed by atoms with Crippen LogP contribution in [-0.2, 0) is 7.05 Å². The van der Waals surface area contributed by atoms with Gasteiger partial charge < -0.3 is 15.1 Å². The van der Waals surface area contributed by atoms with Crippen LogP contribution in [0.1, 0.15) is 26.7 Å². The number of nitrogens with one attached hydrogen (secondary N) is 2. The Morgan fingerprint density at radius 3 is 2.67 bits per heavy atom. The van der Waals surface area contributed by atoms with Crippen molar-refractivity contribution in [1.82, 2.24) is 14.8 Å². The first kappa shape index (κ1) is 15.5. The SMILES string of the molecule is Cc1cccc(NC(=O)c2cc(NC(=O)c3ccco3)n(C)n2)n1. The molecule has 8 heteroatoms. The molecule has 0 bridgehead atoms. The second-order valence-corrected chi connectivity index (χ2v) is 5.09. The van der Waals surface area contributed by atoms with E-state index in [-0.39, 0.29) is 11.5 Å². The van der Waals surface area contributed by atoms with Gasteiger partial charge in [0.1, 0.15) is 11.6 Å². The van der Waals surface area contributed by atoms with Gasteiger partial charge in [-0.1, -0.05) is 6.07 Å². The number of carbonyl (C=O) groups excluding carboxylic acids is 2. The number of nitrogens with zero attached hydrogens (tertiary/aromatic N) is 3. The minimum absolute atomic E-state index is 0.163. The van der Waals surface area contributed by atoms with Crippen LogP contribution in [0.25, 0.3) is 0 Å². The van der Waals surface area contributed by atoms with Crippen LogP contribution in [0.3, 0.4) is 0 Å². The van der Waals surface area contributed by atoms with Crippen LogP contribution in [0.4, 0.5) is 11.6 Å². The second kappa shape index (κ2) is 6.37. The van der Waals surface area contributed by atoms with Gasteiger partial charge in [0, 0.05) is 18.8 Å². The number of hydrogen-bond acceptors (Lipinski definition) is 5. The van der Waals surface area contributed by atoms with E-state index >= 15 is 0 Å². The summed E-state index contributed by atoms with van der Waals surface area (Å²) in [6.07, 6.45) is 1.41. The molecule has 2 N–H and O–H groups in total. The molecule has 0 atom stereocenters. The van der Waals surface area contributed by atoms with E-state index in [1.54, 1.807) is 31.3 Å². The fourth-order valence-electron chi connectivity index (χ4n) is 2.07. The van der Waals surface area contributed by atoms with Crippen molar-refractivity contribution < 1.29 is 14.0 Å². The van der Waals surface area contributed by atoms with Crippen molar-refractivity contribution in [2.75, 3.05) is 10.6 Å². The number of anilines is 2. The highest BCUT2D eigenvalue weighted by Crippen LogP contribution is 2.13. The molecule has 0 aliphatic carbocycles. The quantitative estimate of drug-likeness (QED) is 0.766. The molecule has 0 saturated carbocycles. The summed E-state index contributed by atoms with van der Waals surface area (Å²) in [7, 11) is 1.62. The van der Waals surface area contributed by atoms with Gasteiger partial charge in [-0.25, -0.2) is 4.98 Å². The van der Waals surface area contributed by atoms with E-state index in [1.165, 1.54) is 17.0 Å². The number of rotatable bonds is 4. The monoisotopic (exact) mass is 325 g/mol. The first-order chi connectivity index (χ1) is 11.5. The third-order valence-corrected chi connectivity index (χ3v) is 3.23. The van der Waals surface area contributed by atoms with Gasteiger partial charge in [-0.3, -0.25) is 14.3 Å². The Balaban J connectivity index is 1.73. The lowest BCUT2D eigenvalue weighted by Crippen LogP contribution is -2.14. The van der Waals surface area contributed by atoms with Crippen molar-refractivity contribution in [2.24, 2.45) is 7.05 Å². The highest BCUT2D eigenvalue weighted by molar-refractivity contribution is 6.05. The lowest BCUT2D eigenvalue weighted by molar-refractivity contribution is 0.0993. The molecule has 2 amide bonds. The maximum absolute atomic E-state index is 12.2. The molecule has 8 nitrogen and oxygen atoms in total. The molecule has 0 unspecified atom stereocenters. The zero-order valence-corrected chi connectivity index (χ0v) is 13.1. The van der Waals surface area contributed by atoms with Crippen LogP contribution in [0.2, 0.25) is 0 Å². The van der Waals surface area contributed by atoms with E-state index in [0.29, 0.717) is 11.6 Å². The minimum atomic E-state index is -0.421. The Hall–Kier alpha value is -3.42. The molecule has 3 aromatic heterocycles. The van der Waals surface area contributed by atoms with Gasteiger partial charge in [-0.2, -0.15) is 5.10 Å². The third-order valence-electron chi connectivity index (χ3n) is 3.23. The maximum atomic E-state index is 12.2. The molecule has 0 fully saturated rings. The van der Waals surface area contributed by atoms with Crippen molar-refractivity contribution in [3.05, 3.63) is 59.8 Å². The van der Waals surface area contributed by atoms with E-state index in [4.69, 9.17) is 4.42 Å². The number of amides is 2. The third kappa shape index (κ3) is 3.32. The average molecular weight is 325 g/mol. The summed E-state index contributed by atoms with van der Waals surface area (Å²) in [5.41, 5.74) is 0.954. The van der Waals surface area contributed by atoms with Gasteiger partial charge in [0.2, 0.25) is 0 Å². The number of pyridine rings is 1. The molecule has 3 aromatic rings. The highest BCUT2D eigenvalue weighted by atomic mass is 16.3. The predicted molar refractivity (Wildman–Crippen MR) is 86.8 cm³/mol. The van der Waals surface area contributed by atoms with E-state index in [9.17, 15) is 9.59 Å². The number of aromatic nitrogens is 3. The van der Waals surface area contributed by atoms with Crippen molar-refractivity contribution in [1.29, 1.82) is 0 Å². The van der Waals surface area contributed by atoms with Gasteiger partial charge >= 0.3 is 0 Å². The highest BCUT2D eigenvalue weighted by Gasteiger charge is 2.16. The Morgan fingerprint density at radius 2 is 1.96 bits per heavy atom. The van der Waals surface area contributed by atoms with Crippen LogP contribution < -0.4 is 10.6 Å². The molecule has 0 aliphatic rings. The van der Waals surface area contributed by atoms with Crippen molar-refractivity contribution >= 4 is 23.5 Å². The average Bonchev–Trinajstić information content (AvgIpc) is 3.18. The Bertz CT molecular complexity index is 883. The zero-order valence-electron chi connectivity index (χ0n) is 13.1. The van der Waals surface area contributed by atoms with E-state index in [1.807, 2.05) is 13.0 Å². The smallest absolute Gasteiger partial charge is 0.292 e. The summed E-state index contributed by atoms with van der Waals surface area (Å²) in [5.74, 6) is 0.147. The number of aryl methyl sites for hydroxylation is 2. The summed E-state index contributed by atoms with van der Waals surface area (Å²) in [4.78, 5) is 28.4. The molecule has 0 aromatic carbocycles. The van der Waals surface area contributed by atoms with Gasteiger partial charge in [-0.15, -0.1) is 0 Å². The molecular formula is C16H15N5O3. The Morgan fingerprint density at radius 1 is 1.12 bits per heavy atom. The lowest BCUT2D eigenvalue weighted by atomic mass is 10.3. The largest absolute Gasteiger partial charge is 0.459 e. The topological polar surface area (TPSA) is 102 Å². The van der Waals surface area contributed by atoms with Crippen molar-refractivity contribution in [2.45, 2.75) is 6.92 Å². The summed E-state index contributed by atoms with van der Waals surface area (Å²) >= 11 is 0. The summed E-state index contributed by atoms with van der Waals surface area (Å²) < 4.78 is 6.42. The van der Waals surface area contributed by atoms with Crippen LogP contribution >= 0.6 is 0 Å². The lowest BCUT2D eigenvalue weighted by Gasteiger charge is -2.02. The maximum Gasteiger partial charge on any atom is 0.292 e. The Kier molecular flexibility index (Phi) is 4.11. The predicted octanol–water partition coefficient (Wildman–Crippen LogP) is 2.22. The van der Waals surface area contributed by atoms with E-state index < -0.39 is 11.8 Å². The molecule has 3 rings (SSSR count). The molecular weight excluding hydrogens is 310 g/mol. The summed E-state index contributed by atoms with van der Waals surface area (Å²) in [6.45, 7) is 1.83. The van der Waals surface area contributed by atoms with Gasteiger partial charge in [0.25, 0.3) is 11.8 Å². The minimum Gasteiger partial charge on any atom is -0.459 e. The van der Waals surface area contributed by atoms with Crippen LogP contribution in [0, 0.1) is 6.92 Å². The first-order valence-electron chi connectivity index (χ1n) is 7.17. The molecule has 0 spiro atoms. The molecule has 0 radical (unpaired) electrons. The number of carbonyl (C=O) groups is 2. The van der Waals surface area contributed by atoms with Gasteiger partial charge in [0.15, 0.2) is 11.5 Å². The van der Waals surface area contributed by atoms with Crippen LogP contribution in [0.15, 0.2) is 47.1 Å². The Labute approximate surface area is 137 Å². The summed E-state index contributed by atoms with van der Waals surface area (Å²) in [5, 5.41) is 9.39. The van der Waals surface area contributed by atoms with E-state index in [2.05, 4.69) is 20.7 Å². The zero-order chi connectivity index (χ0) is 17.1. The fourth-order valence-corrected chi connectivity index (χ4v) is 2.07. The molecule has 24 heavy (non-hydrogen) atoms. The number of furan rings is 1. The fraction of sp³-hybridized carbons (Fsp3) is 0.125. The van der Waals surface area contributed by atoms with Crippen molar-refractivity contribution in [3.8, 4) is 0 Å². The molecule has 122 valence electrons. The molecule has 0 saturated heterocycles.